The lowest BCUT2D eigenvalue weighted by atomic mass is 10.1. The summed E-state index contributed by atoms with van der Waals surface area (Å²) in [5, 5.41) is 2.95. The Hall–Kier alpha value is -1.05. The molecule has 0 amide bonds. The smallest absolute Gasteiger partial charge is 0.128 e. The molecule has 2 heteroatoms. The Morgan fingerprint density at radius 1 is 1.42 bits per heavy atom. The van der Waals surface area contributed by atoms with Crippen molar-refractivity contribution >= 4 is 5.69 Å². The Labute approximate surface area is 72.6 Å². The van der Waals surface area contributed by atoms with E-state index in [1.807, 2.05) is 19.9 Å². The highest BCUT2D eigenvalue weighted by Crippen LogP contribution is 2.19. The van der Waals surface area contributed by atoms with Gasteiger partial charge in [0.25, 0.3) is 0 Å². The van der Waals surface area contributed by atoms with Crippen molar-refractivity contribution in [2.75, 3.05) is 12.4 Å². The van der Waals surface area contributed by atoms with Gasteiger partial charge in [-0.25, -0.2) is 4.39 Å². The summed E-state index contributed by atoms with van der Waals surface area (Å²) < 4.78 is 13.2. The van der Waals surface area contributed by atoms with E-state index in [4.69, 9.17) is 0 Å². The number of halogens is 1. The van der Waals surface area contributed by atoms with Crippen LogP contribution in [-0.4, -0.2) is 7.05 Å². The largest absolute Gasteiger partial charge is 0.388 e. The van der Waals surface area contributed by atoms with Crippen molar-refractivity contribution in [3.63, 3.8) is 0 Å². The van der Waals surface area contributed by atoms with Crippen LogP contribution in [0.3, 0.4) is 0 Å². The lowest BCUT2D eigenvalue weighted by molar-refractivity contribution is 0.612. The van der Waals surface area contributed by atoms with Crippen LogP contribution in [0.2, 0.25) is 0 Å². The highest BCUT2D eigenvalue weighted by atomic mass is 19.1. The molecule has 0 heterocycles. The molecule has 0 saturated heterocycles. The quantitative estimate of drug-likeness (QED) is 0.714. The van der Waals surface area contributed by atoms with Crippen LogP contribution >= 0.6 is 0 Å². The van der Waals surface area contributed by atoms with Gasteiger partial charge >= 0.3 is 0 Å². The lowest BCUT2D eigenvalue weighted by Gasteiger charge is -2.07. The summed E-state index contributed by atoms with van der Waals surface area (Å²) in [4.78, 5) is 0. The van der Waals surface area contributed by atoms with Crippen molar-refractivity contribution in [1.82, 2.24) is 0 Å². The van der Waals surface area contributed by atoms with E-state index in [-0.39, 0.29) is 5.82 Å². The molecule has 0 aromatic heterocycles. The fourth-order valence-electron chi connectivity index (χ4n) is 1.28. The van der Waals surface area contributed by atoms with Gasteiger partial charge in [0.2, 0.25) is 0 Å². The molecule has 0 fully saturated rings. The fourth-order valence-corrected chi connectivity index (χ4v) is 1.28. The molecule has 1 N–H and O–H groups in total. The van der Waals surface area contributed by atoms with Crippen molar-refractivity contribution in [2.24, 2.45) is 0 Å². The minimum Gasteiger partial charge on any atom is -0.388 e. The third-order valence-corrected chi connectivity index (χ3v) is 2.04. The highest BCUT2D eigenvalue weighted by molar-refractivity contribution is 5.52. The van der Waals surface area contributed by atoms with Crippen LogP contribution in [-0.2, 0) is 6.42 Å². The van der Waals surface area contributed by atoms with Crippen molar-refractivity contribution in [1.29, 1.82) is 0 Å². The Balaban J connectivity index is 3.16. The Kier molecular flexibility index (Phi) is 2.69. The average Bonchev–Trinajstić information content (AvgIpc) is 2.08. The molecule has 1 rings (SSSR count). The molecule has 0 atom stereocenters. The number of rotatable bonds is 2. The maximum absolute atomic E-state index is 13.2. The summed E-state index contributed by atoms with van der Waals surface area (Å²) in [7, 11) is 1.80. The standard InChI is InChI=1S/C10H14FN/c1-4-8-5-7(2)10(12-3)6-9(8)11/h5-6,12H,4H2,1-3H3. The SMILES string of the molecule is CCc1cc(C)c(NC)cc1F. The summed E-state index contributed by atoms with van der Waals surface area (Å²) in [6, 6.07) is 3.44. The number of anilines is 1. The normalized spacial score (nSPS) is 10.0. The third kappa shape index (κ3) is 1.58. The summed E-state index contributed by atoms with van der Waals surface area (Å²) in [6.45, 7) is 3.93. The molecule has 1 nitrogen and oxygen atoms in total. The van der Waals surface area contributed by atoms with E-state index in [0.717, 1.165) is 23.2 Å². The van der Waals surface area contributed by atoms with Crippen LogP contribution < -0.4 is 5.32 Å². The molecule has 1 aromatic rings. The van der Waals surface area contributed by atoms with E-state index in [2.05, 4.69) is 5.32 Å². The number of nitrogens with one attached hydrogen (secondary N) is 1. The molecule has 12 heavy (non-hydrogen) atoms. The number of hydrogen-bond donors (Lipinski definition) is 1. The summed E-state index contributed by atoms with van der Waals surface area (Å²) >= 11 is 0. The van der Waals surface area contributed by atoms with E-state index < -0.39 is 0 Å². The lowest BCUT2D eigenvalue weighted by Crippen LogP contribution is -1.96. The molecule has 0 unspecified atom stereocenters. The van der Waals surface area contributed by atoms with Gasteiger partial charge in [-0.1, -0.05) is 13.0 Å². The minimum atomic E-state index is -0.118. The van der Waals surface area contributed by atoms with Gasteiger partial charge in [-0.2, -0.15) is 0 Å². The van der Waals surface area contributed by atoms with Gasteiger partial charge in [0.15, 0.2) is 0 Å². The molecule has 0 aliphatic heterocycles. The zero-order valence-corrected chi connectivity index (χ0v) is 7.74. The van der Waals surface area contributed by atoms with E-state index >= 15 is 0 Å². The van der Waals surface area contributed by atoms with Gasteiger partial charge in [-0.05, 0) is 30.5 Å². The van der Waals surface area contributed by atoms with Gasteiger partial charge < -0.3 is 5.32 Å². The average molecular weight is 167 g/mol. The molecule has 0 aliphatic carbocycles. The predicted molar refractivity (Wildman–Crippen MR) is 50.1 cm³/mol. The van der Waals surface area contributed by atoms with E-state index in [1.54, 1.807) is 13.1 Å². The molecule has 1 aromatic carbocycles. The first kappa shape index (κ1) is 9.04. The molecule has 0 bridgehead atoms. The molecular formula is C10H14FN. The molecule has 0 aliphatic rings. The van der Waals surface area contributed by atoms with Gasteiger partial charge in [0.05, 0.1) is 0 Å². The van der Waals surface area contributed by atoms with Crippen molar-refractivity contribution in [3.05, 3.63) is 29.1 Å². The molecular weight excluding hydrogens is 153 g/mol. The first-order valence-corrected chi connectivity index (χ1v) is 4.15. The van der Waals surface area contributed by atoms with Crippen LogP contribution in [0.15, 0.2) is 12.1 Å². The zero-order valence-electron chi connectivity index (χ0n) is 7.74. The monoisotopic (exact) mass is 167 g/mol. The molecule has 0 saturated carbocycles. The zero-order chi connectivity index (χ0) is 9.14. The van der Waals surface area contributed by atoms with Gasteiger partial charge in [0, 0.05) is 12.7 Å². The maximum atomic E-state index is 13.2. The summed E-state index contributed by atoms with van der Waals surface area (Å²) in [5.41, 5.74) is 2.74. The Morgan fingerprint density at radius 2 is 2.08 bits per heavy atom. The van der Waals surface area contributed by atoms with Crippen molar-refractivity contribution < 1.29 is 4.39 Å². The first-order chi connectivity index (χ1) is 5.69. The van der Waals surface area contributed by atoms with E-state index in [9.17, 15) is 4.39 Å². The minimum absolute atomic E-state index is 0.118. The highest BCUT2D eigenvalue weighted by Gasteiger charge is 2.03. The maximum Gasteiger partial charge on any atom is 0.128 e. The van der Waals surface area contributed by atoms with E-state index in [1.165, 1.54) is 0 Å². The third-order valence-electron chi connectivity index (χ3n) is 2.04. The predicted octanol–water partition coefficient (Wildman–Crippen LogP) is 2.74. The molecule has 66 valence electrons. The molecule has 0 radical (unpaired) electrons. The number of hydrogen-bond acceptors (Lipinski definition) is 1. The van der Waals surface area contributed by atoms with Crippen molar-refractivity contribution in [2.45, 2.75) is 20.3 Å². The van der Waals surface area contributed by atoms with Crippen LogP contribution in [0.25, 0.3) is 0 Å². The summed E-state index contributed by atoms with van der Waals surface area (Å²) in [6.07, 6.45) is 0.747. The van der Waals surface area contributed by atoms with Crippen LogP contribution in [0.1, 0.15) is 18.1 Å². The second-order valence-corrected chi connectivity index (χ2v) is 2.86. The van der Waals surface area contributed by atoms with Crippen LogP contribution in [0, 0.1) is 12.7 Å². The number of aryl methyl sites for hydroxylation is 2. The van der Waals surface area contributed by atoms with Gasteiger partial charge in [-0.15, -0.1) is 0 Å². The van der Waals surface area contributed by atoms with E-state index in [0.29, 0.717) is 0 Å². The number of benzene rings is 1. The molecule has 0 spiro atoms. The Bertz CT molecular complexity index is 252. The van der Waals surface area contributed by atoms with Gasteiger partial charge in [0.1, 0.15) is 5.82 Å². The first-order valence-electron chi connectivity index (χ1n) is 4.15. The Morgan fingerprint density at radius 3 is 2.58 bits per heavy atom. The second-order valence-electron chi connectivity index (χ2n) is 2.86. The summed E-state index contributed by atoms with van der Waals surface area (Å²) in [5.74, 6) is -0.118. The second kappa shape index (κ2) is 3.57. The van der Waals surface area contributed by atoms with Gasteiger partial charge in [-0.3, -0.25) is 0 Å². The topological polar surface area (TPSA) is 12.0 Å². The van der Waals surface area contributed by atoms with Crippen molar-refractivity contribution in [3.8, 4) is 0 Å². The van der Waals surface area contributed by atoms with Crippen LogP contribution in [0.5, 0.6) is 0 Å². The fraction of sp³-hybridized carbons (Fsp3) is 0.400. The van der Waals surface area contributed by atoms with Crippen LogP contribution in [0.4, 0.5) is 10.1 Å².